The molecule has 0 saturated carbocycles. The topological polar surface area (TPSA) is 29.3 Å². The zero-order valence-corrected chi connectivity index (χ0v) is 8.74. The third-order valence-corrected chi connectivity index (χ3v) is 2.10. The van der Waals surface area contributed by atoms with E-state index in [1.165, 1.54) is 5.69 Å². The second kappa shape index (κ2) is 5.32. The van der Waals surface area contributed by atoms with Gasteiger partial charge in [0.15, 0.2) is 0 Å². The van der Waals surface area contributed by atoms with Gasteiger partial charge in [-0.05, 0) is 30.7 Å². The third kappa shape index (κ3) is 2.80. The van der Waals surface area contributed by atoms with Crippen LogP contribution in [0.25, 0.3) is 0 Å². The first-order valence-corrected chi connectivity index (χ1v) is 4.99. The van der Waals surface area contributed by atoms with Crippen molar-refractivity contribution < 1.29 is 0 Å². The highest BCUT2D eigenvalue weighted by Gasteiger charge is 2.01. The first kappa shape index (κ1) is 10.6. The molecular formula is C12H18N2. The molecule has 0 spiro atoms. The van der Waals surface area contributed by atoms with Crippen molar-refractivity contribution in [3.8, 4) is 0 Å². The van der Waals surface area contributed by atoms with Crippen molar-refractivity contribution in [2.45, 2.75) is 13.3 Å². The number of nitrogen functional groups attached to an aromatic ring is 1. The molecule has 0 heterocycles. The Kier molecular flexibility index (Phi) is 4.05. The number of benzene rings is 1. The maximum absolute atomic E-state index is 5.64. The molecule has 1 aromatic carbocycles. The molecule has 0 amide bonds. The minimum Gasteiger partial charge on any atom is -0.399 e. The summed E-state index contributed by atoms with van der Waals surface area (Å²) in [6.07, 6.45) is 3.06. The van der Waals surface area contributed by atoms with Crippen LogP contribution in [0.1, 0.15) is 13.3 Å². The molecule has 0 atom stereocenters. The molecule has 0 unspecified atom stereocenters. The Bertz CT molecular complexity index is 277. The molecule has 0 aromatic heterocycles. The minimum absolute atomic E-state index is 0.809. The maximum atomic E-state index is 5.64. The van der Waals surface area contributed by atoms with E-state index < -0.39 is 0 Å². The Hall–Kier alpha value is -1.44. The smallest absolute Gasteiger partial charge is 0.0370 e. The monoisotopic (exact) mass is 190 g/mol. The molecule has 1 aromatic rings. The maximum Gasteiger partial charge on any atom is 0.0370 e. The quantitative estimate of drug-likeness (QED) is 0.571. The lowest BCUT2D eigenvalue weighted by atomic mass is 10.2. The Morgan fingerprint density at radius 2 is 2.00 bits per heavy atom. The predicted octanol–water partition coefficient (Wildman–Crippen LogP) is 2.67. The van der Waals surface area contributed by atoms with Crippen LogP contribution in [0.2, 0.25) is 0 Å². The molecule has 0 aliphatic carbocycles. The Labute approximate surface area is 86.0 Å². The number of anilines is 2. The van der Waals surface area contributed by atoms with Gasteiger partial charge in [-0.2, -0.15) is 0 Å². The molecule has 1 rings (SSSR count). The number of nitrogens with two attached hydrogens (primary N) is 1. The van der Waals surface area contributed by atoms with E-state index in [0.29, 0.717) is 0 Å². The van der Waals surface area contributed by atoms with Crippen LogP contribution in [0.5, 0.6) is 0 Å². The largest absolute Gasteiger partial charge is 0.399 e. The molecular weight excluding hydrogens is 172 g/mol. The highest BCUT2D eigenvalue weighted by atomic mass is 15.1. The molecule has 0 radical (unpaired) electrons. The van der Waals surface area contributed by atoms with Gasteiger partial charge in [-0.15, -0.1) is 6.58 Å². The van der Waals surface area contributed by atoms with E-state index in [-0.39, 0.29) is 0 Å². The van der Waals surface area contributed by atoms with Crippen molar-refractivity contribution in [2.24, 2.45) is 0 Å². The Balaban J connectivity index is 2.76. The van der Waals surface area contributed by atoms with Crippen molar-refractivity contribution in [3.05, 3.63) is 36.9 Å². The van der Waals surface area contributed by atoms with Gasteiger partial charge in [-0.3, -0.25) is 0 Å². The van der Waals surface area contributed by atoms with E-state index in [2.05, 4.69) is 30.5 Å². The van der Waals surface area contributed by atoms with Crippen LogP contribution in [-0.2, 0) is 0 Å². The highest BCUT2D eigenvalue weighted by molar-refractivity contribution is 5.53. The summed E-state index contributed by atoms with van der Waals surface area (Å²) in [6.45, 7) is 7.87. The van der Waals surface area contributed by atoms with Crippen LogP contribution >= 0.6 is 0 Å². The SMILES string of the molecule is C=CCN(CCC)c1ccc(N)cc1. The summed E-state index contributed by atoms with van der Waals surface area (Å²) in [5.41, 5.74) is 7.65. The van der Waals surface area contributed by atoms with E-state index in [1.54, 1.807) is 0 Å². The van der Waals surface area contributed by atoms with Gasteiger partial charge in [0.2, 0.25) is 0 Å². The van der Waals surface area contributed by atoms with Gasteiger partial charge in [-0.25, -0.2) is 0 Å². The first-order valence-electron chi connectivity index (χ1n) is 4.99. The second-order valence-electron chi connectivity index (χ2n) is 3.33. The van der Waals surface area contributed by atoms with Gasteiger partial charge in [0.05, 0.1) is 0 Å². The van der Waals surface area contributed by atoms with Gasteiger partial charge in [0, 0.05) is 24.5 Å². The van der Waals surface area contributed by atoms with Crippen LogP contribution in [0.4, 0.5) is 11.4 Å². The molecule has 0 saturated heterocycles. The van der Waals surface area contributed by atoms with Crippen LogP contribution in [0.15, 0.2) is 36.9 Å². The van der Waals surface area contributed by atoms with Gasteiger partial charge >= 0.3 is 0 Å². The lowest BCUT2D eigenvalue weighted by molar-refractivity contribution is 0.816. The Morgan fingerprint density at radius 1 is 1.36 bits per heavy atom. The predicted molar refractivity (Wildman–Crippen MR) is 63.6 cm³/mol. The molecule has 14 heavy (non-hydrogen) atoms. The van der Waals surface area contributed by atoms with Crippen LogP contribution in [-0.4, -0.2) is 13.1 Å². The fourth-order valence-corrected chi connectivity index (χ4v) is 1.44. The summed E-state index contributed by atoms with van der Waals surface area (Å²) in [5, 5.41) is 0. The van der Waals surface area contributed by atoms with Crippen molar-refractivity contribution in [3.63, 3.8) is 0 Å². The van der Waals surface area contributed by atoms with E-state index in [9.17, 15) is 0 Å². The first-order chi connectivity index (χ1) is 6.77. The van der Waals surface area contributed by atoms with Crippen molar-refractivity contribution in [1.82, 2.24) is 0 Å². The average molecular weight is 190 g/mol. The second-order valence-corrected chi connectivity index (χ2v) is 3.33. The molecule has 0 aliphatic heterocycles. The van der Waals surface area contributed by atoms with E-state index >= 15 is 0 Å². The summed E-state index contributed by atoms with van der Waals surface area (Å²) in [5.74, 6) is 0. The van der Waals surface area contributed by atoms with Crippen LogP contribution < -0.4 is 10.6 Å². The van der Waals surface area contributed by atoms with Crippen LogP contribution in [0, 0.1) is 0 Å². The average Bonchev–Trinajstić information content (AvgIpc) is 2.19. The van der Waals surface area contributed by atoms with E-state index in [4.69, 9.17) is 5.73 Å². The number of nitrogens with zero attached hydrogens (tertiary/aromatic N) is 1. The van der Waals surface area contributed by atoms with Crippen molar-refractivity contribution >= 4 is 11.4 Å². The molecule has 0 fully saturated rings. The fourth-order valence-electron chi connectivity index (χ4n) is 1.44. The third-order valence-electron chi connectivity index (χ3n) is 2.10. The van der Waals surface area contributed by atoms with Gasteiger partial charge in [-0.1, -0.05) is 13.0 Å². The number of hydrogen-bond donors (Lipinski definition) is 1. The molecule has 2 N–H and O–H groups in total. The minimum atomic E-state index is 0.809. The van der Waals surface area contributed by atoms with E-state index in [1.807, 2.05) is 18.2 Å². The van der Waals surface area contributed by atoms with Crippen LogP contribution in [0.3, 0.4) is 0 Å². The zero-order valence-electron chi connectivity index (χ0n) is 8.74. The van der Waals surface area contributed by atoms with Crippen molar-refractivity contribution in [2.75, 3.05) is 23.7 Å². The summed E-state index contributed by atoms with van der Waals surface area (Å²) in [4.78, 5) is 2.28. The lowest BCUT2D eigenvalue weighted by Crippen LogP contribution is -2.23. The molecule has 2 nitrogen and oxygen atoms in total. The van der Waals surface area contributed by atoms with Gasteiger partial charge in [0.25, 0.3) is 0 Å². The highest BCUT2D eigenvalue weighted by Crippen LogP contribution is 2.16. The molecule has 0 aliphatic rings. The zero-order chi connectivity index (χ0) is 10.4. The lowest BCUT2D eigenvalue weighted by Gasteiger charge is -2.22. The standard InChI is InChI=1S/C12H18N2/c1-3-9-14(10-4-2)12-7-5-11(13)6-8-12/h3,5-8H,1,4,9-10,13H2,2H3. The summed E-state index contributed by atoms with van der Waals surface area (Å²) >= 11 is 0. The fraction of sp³-hybridized carbons (Fsp3) is 0.333. The number of rotatable bonds is 5. The normalized spacial score (nSPS) is 9.79. The summed E-state index contributed by atoms with van der Waals surface area (Å²) < 4.78 is 0. The van der Waals surface area contributed by atoms with Crippen molar-refractivity contribution in [1.29, 1.82) is 0 Å². The van der Waals surface area contributed by atoms with Gasteiger partial charge in [0.1, 0.15) is 0 Å². The molecule has 2 heteroatoms. The number of hydrogen-bond acceptors (Lipinski definition) is 2. The molecule has 0 bridgehead atoms. The Morgan fingerprint density at radius 3 is 2.50 bits per heavy atom. The van der Waals surface area contributed by atoms with E-state index in [0.717, 1.165) is 25.2 Å². The van der Waals surface area contributed by atoms with Gasteiger partial charge < -0.3 is 10.6 Å². The summed E-state index contributed by atoms with van der Waals surface area (Å²) in [6, 6.07) is 7.96. The summed E-state index contributed by atoms with van der Waals surface area (Å²) in [7, 11) is 0. The molecule has 76 valence electrons.